The lowest BCUT2D eigenvalue weighted by atomic mass is 10.2. The SMILES string of the molecule is Oc1ccccc1-c1nncs1. The summed E-state index contributed by atoms with van der Waals surface area (Å²) in [6, 6.07) is 7.09. The zero-order valence-electron chi connectivity index (χ0n) is 6.14. The summed E-state index contributed by atoms with van der Waals surface area (Å²) in [6.07, 6.45) is 0. The fourth-order valence-electron chi connectivity index (χ4n) is 0.945. The molecule has 1 heterocycles. The number of para-hydroxylation sites is 1. The molecule has 1 aromatic heterocycles. The maximum Gasteiger partial charge on any atom is 0.151 e. The molecule has 2 aromatic rings. The van der Waals surface area contributed by atoms with Crippen LogP contribution >= 0.6 is 11.3 Å². The molecule has 0 saturated heterocycles. The molecule has 0 atom stereocenters. The summed E-state index contributed by atoms with van der Waals surface area (Å²) in [6.45, 7) is 0. The highest BCUT2D eigenvalue weighted by molar-refractivity contribution is 7.12. The van der Waals surface area contributed by atoms with Gasteiger partial charge in [-0.05, 0) is 12.1 Å². The normalized spacial score (nSPS) is 10.0. The van der Waals surface area contributed by atoms with Crippen molar-refractivity contribution in [3.05, 3.63) is 29.8 Å². The first-order valence-electron chi connectivity index (χ1n) is 3.42. The molecule has 0 aliphatic carbocycles. The van der Waals surface area contributed by atoms with Gasteiger partial charge in [-0.15, -0.1) is 10.2 Å². The van der Waals surface area contributed by atoms with E-state index in [1.54, 1.807) is 17.6 Å². The number of phenols is 1. The predicted molar refractivity (Wildman–Crippen MR) is 47.0 cm³/mol. The Morgan fingerprint density at radius 1 is 1.25 bits per heavy atom. The number of benzene rings is 1. The van der Waals surface area contributed by atoms with Crippen LogP contribution in [0.4, 0.5) is 0 Å². The van der Waals surface area contributed by atoms with Crippen molar-refractivity contribution in [3.8, 4) is 16.3 Å². The van der Waals surface area contributed by atoms with Crippen LogP contribution < -0.4 is 0 Å². The van der Waals surface area contributed by atoms with Crippen molar-refractivity contribution in [1.82, 2.24) is 10.2 Å². The minimum absolute atomic E-state index is 0.245. The number of hydrogen-bond donors (Lipinski definition) is 1. The van der Waals surface area contributed by atoms with Gasteiger partial charge in [-0.3, -0.25) is 0 Å². The van der Waals surface area contributed by atoms with Gasteiger partial charge in [0.2, 0.25) is 0 Å². The number of hydrogen-bond acceptors (Lipinski definition) is 4. The third-order valence-electron chi connectivity index (χ3n) is 1.49. The molecule has 0 amide bonds. The molecule has 1 N–H and O–H groups in total. The minimum atomic E-state index is 0.245. The third-order valence-corrected chi connectivity index (χ3v) is 2.22. The Balaban J connectivity index is 2.55. The van der Waals surface area contributed by atoms with Gasteiger partial charge in [0.1, 0.15) is 11.3 Å². The first-order chi connectivity index (χ1) is 5.88. The van der Waals surface area contributed by atoms with Crippen molar-refractivity contribution in [2.24, 2.45) is 0 Å². The first-order valence-corrected chi connectivity index (χ1v) is 4.30. The van der Waals surface area contributed by atoms with Crippen molar-refractivity contribution in [1.29, 1.82) is 0 Å². The molecule has 0 aliphatic rings. The second-order valence-electron chi connectivity index (χ2n) is 2.26. The highest BCUT2D eigenvalue weighted by Gasteiger charge is 2.04. The van der Waals surface area contributed by atoms with Gasteiger partial charge in [0.05, 0.1) is 5.56 Å². The van der Waals surface area contributed by atoms with Crippen molar-refractivity contribution in [2.45, 2.75) is 0 Å². The molecule has 3 nitrogen and oxygen atoms in total. The number of aromatic hydroxyl groups is 1. The fourth-order valence-corrected chi connectivity index (χ4v) is 1.53. The molecule has 0 radical (unpaired) electrons. The second kappa shape index (κ2) is 2.91. The van der Waals surface area contributed by atoms with E-state index in [0.29, 0.717) is 0 Å². The number of rotatable bonds is 1. The van der Waals surface area contributed by atoms with Crippen molar-refractivity contribution >= 4 is 11.3 Å². The van der Waals surface area contributed by atoms with Gasteiger partial charge in [-0.25, -0.2) is 0 Å². The van der Waals surface area contributed by atoms with Gasteiger partial charge in [0.15, 0.2) is 5.01 Å². The summed E-state index contributed by atoms with van der Waals surface area (Å²) >= 11 is 1.41. The standard InChI is InChI=1S/C8H6N2OS/c11-7-4-2-1-3-6(7)8-10-9-5-12-8/h1-5,11H. The number of aromatic nitrogens is 2. The molecule has 60 valence electrons. The maximum atomic E-state index is 9.42. The Morgan fingerprint density at radius 2 is 2.08 bits per heavy atom. The van der Waals surface area contributed by atoms with Crippen LogP contribution in [0.2, 0.25) is 0 Å². The summed E-state index contributed by atoms with van der Waals surface area (Å²) in [5.41, 5.74) is 2.38. The van der Waals surface area contributed by atoms with E-state index in [1.807, 2.05) is 12.1 Å². The molecule has 0 aliphatic heterocycles. The summed E-state index contributed by atoms with van der Waals surface area (Å²) in [5.74, 6) is 0.245. The third kappa shape index (κ3) is 1.16. The van der Waals surface area contributed by atoms with Crippen LogP contribution in [0, 0.1) is 0 Å². The molecule has 0 spiro atoms. The molecule has 1 aromatic carbocycles. The summed E-state index contributed by atoms with van der Waals surface area (Å²) in [4.78, 5) is 0. The van der Waals surface area contributed by atoms with Crippen LogP contribution in [-0.4, -0.2) is 15.3 Å². The molecule has 2 rings (SSSR count). The lowest BCUT2D eigenvalue weighted by Gasteiger charge is -1.97. The van der Waals surface area contributed by atoms with E-state index in [2.05, 4.69) is 10.2 Å². The van der Waals surface area contributed by atoms with E-state index in [9.17, 15) is 5.11 Å². The number of phenolic OH excluding ortho intramolecular Hbond substituents is 1. The van der Waals surface area contributed by atoms with Crippen molar-refractivity contribution < 1.29 is 5.11 Å². The van der Waals surface area contributed by atoms with Gasteiger partial charge < -0.3 is 5.11 Å². The van der Waals surface area contributed by atoms with Crippen molar-refractivity contribution in [3.63, 3.8) is 0 Å². The van der Waals surface area contributed by atoms with Crippen LogP contribution in [-0.2, 0) is 0 Å². The van der Waals surface area contributed by atoms with E-state index in [0.717, 1.165) is 10.6 Å². The van der Waals surface area contributed by atoms with Crippen LogP contribution in [0.15, 0.2) is 29.8 Å². The zero-order chi connectivity index (χ0) is 8.39. The summed E-state index contributed by atoms with van der Waals surface area (Å²) < 4.78 is 0. The van der Waals surface area contributed by atoms with E-state index < -0.39 is 0 Å². The van der Waals surface area contributed by atoms with Crippen LogP contribution in [0.25, 0.3) is 10.6 Å². The largest absolute Gasteiger partial charge is 0.507 e. The zero-order valence-corrected chi connectivity index (χ0v) is 6.95. The fraction of sp³-hybridized carbons (Fsp3) is 0. The molecular weight excluding hydrogens is 172 g/mol. The van der Waals surface area contributed by atoms with E-state index in [-0.39, 0.29) is 5.75 Å². The second-order valence-corrected chi connectivity index (χ2v) is 3.09. The molecule has 0 saturated carbocycles. The van der Waals surface area contributed by atoms with E-state index in [1.165, 1.54) is 11.3 Å². The molecular formula is C8H6N2OS. The van der Waals surface area contributed by atoms with Crippen LogP contribution in [0.3, 0.4) is 0 Å². The Bertz CT molecular complexity index is 372. The van der Waals surface area contributed by atoms with Crippen LogP contribution in [0.5, 0.6) is 5.75 Å². The van der Waals surface area contributed by atoms with Gasteiger partial charge in [-0.1, -0.05) is 23.5 Å². The average molecular weight is 178 g/mol. The molecule has 0 fully saturated rings. The first kappa shape index (κ1) is 7.24. The van der Waals surface area contributed by atoms with Gasteiger partial charge in [0.25, 0.3) is 0 Å². The average Bonchev–Trinajstić information content (AvgIpc) is 2.57. The molecule has 0 bridgehead atoms. The van der Waals surface area contributed by atoms with Gasteiger partial charge >= 0.3 is 0 Å². The summed E-state index contributed by atoms with van der Waals surface area (Å²) in [7, 11) is 0. The van der Waals surface area contributed by atoms with Crippen LogP contribution in [0.1, 0.15) is 0 Å². The lowest BCUT2D eigenvalue weighted by molar-refractivity contribution is 0.477. The maximum absolute atomic E-state index is 9.42. The van der Waals surface area contributed by atoms with E-state index >= 15 is 0 Å². The summed E-state index contributed by atoms with van der Waals surface area (Å²) in [5, 5.41) is 17.7. The highest BCUT2D eigenvalue weighted by atomic mass is 32.1. The Labute approximate surface area is 73.3 Å². The van der Waals surface area contributed by atoms with Gasteiger partial charge in [0, 0.05) is 0 Å². The smallest absolute Gasteiger partial charge is 0.151 e. The minimum Gasteiger partial charge on any atom is -0.507 e. The Morgan fingerprint density at radius 3 is 2.75 bits per heavy atom. The topological polar surface area (TPSA) is 46.0 Å². The Hall–Kier alpha value is -1.42. The Kier molecular flexibility index (Phi) is 1.75. The predicted octanol–water partition coefficient (Wildman–Crippen LogP) is 1.91. The van der Waals surface area contributed by atoms with E-state index in [4.69, 9.17) is 0 Å². The monoisotopic (exact) mass is 178 g/mol. The highest BCUT2D eigenvalue weighted by Crippen LogP contribution is 2.28. The lowest BCUT2D eigenvalue weighted by Crippen LogP contribution is -1.76. The molecule has 12 heavy (non-hydrogen) atoms. The molecule has 0 unspecified atom stereocenters. The molecule has 4 heteroatoms. The quantitative estimate of drug-likeness (QED) is 0.725. The van der Waals surface area contributed by atoms with Crippen molar-refractivity contribution in [2.75, 3.05) is 0 Å². The van der Waals surface area contributed by atoms with Gasteiger partial charge in [-0.2, -0.15) is 0 Å². The number of nitrogens with zero attached hydrogens (tertiary/aromatic N) is 2.